The van der Waals surface area contributed by atoms with E-state index >= 15 is 0 Å². The molecular weight excluding hydrogens is 351 g/mol. The van der Waals surface area contributed by atoms with Crippen molar-refractivity contribution < 1.29 is 8.78 Å². The average Bonchev–Trinajstić information content (AvgIpc) is 2.78. The Bertz CT molecular complexity index is 739. The minimum absolute atomic E-state index is 0.443. The van der Waals surface area contributed by atoms with Gasteiger partial charge >= 0.3 is 0 Å². The van der Waals surface area contributed by atoms with Crippen molar-refractivity contribution in [1.82, 2.24) is 14.8 Å². The SMILES string of the molecule is Fc1ccc(-n2ncc3c(I)ccnc32)cc1F. The first-order valence-corrected chi connectivity index (χ1v) is 6.18. The molecule has 0 bridgehead atoms. The lowest BCUT2D eigenvalue weighted by Crippen LogP contribution is -1.99. The Labute approximate surface area is 115 Å². The van der Waals surface area contributed by atoms with E-state index in [-0.39, 0.29) is 0 Å². The summed E-state index contributed by atoms with van der Waals surface area (Å²) in [6.45, 7) is 0. The number of aromatic nitrogens is 3. The summed E-state index contributed by atoms with van der Waals surface area (Å²) < 4.78 is 28.6. The summed E-state index contributed by atoms with van der Waals surface area (Å²) in [4.78, 5) is 4.21. The molecule has 0 radical (unpaired) electrons. The van der Waals surface area contributed by atoms with Gasteiger partial charge in [0.2, 0.25) is 0 Å². The van der Waals surface area contributed by atoms with Gasteiger partial charge in [-0.1, -0.05) is 0 Å². The molecule has 0 aliphatic heterocycles. The van der Waals surface area contributed by atoms with Gasteiger partial charge in [-0.2, -0.15) is 5.10 Å². The van der Waals surface area contributed by atoms with E-state index in [4.69, 9.17) is 0 Å². The average molecular weight is 357 g/mol. The van der Waals surface area contributed by atoms with Crippen molar-refractivity contribution in [3.05, 3.63) is 51.9 Å². The van der Waals surface area contributed by atoms with Gasteiger partial charge in [0.05, 0.1) is 17.3 Å². The Morgan fingerprint density at radius 3 is 2.72 bits per heavy atom. The number of pyridine rings is 1. The van der Waals surface area contributed by atoms with E-state index in [2.05, 4.69) is 32.7 Å². The Morgan fingerprint density at radius 2 is 1.94 bits per heavy atom. The first-order chi connectivity index (χ1) is 8.66. The summed E-state index contributed by atoms with van der Waals surface area (Å²) >= 11 is 2.18. The molecule has 0 N–H and O–H groups in total. The van der Waals surface area contributed by atoms with Gasteiger partial charge in [-0.15, -0.1) is 0 Å². The summed E-state index contributed by atoms with van der Waals surface area (Å²) in [5, 5.41) is 5.04. The molecule has 0 fully saturated rings. The summed E-state index contributed by atoms with van der Waals surface area (Å²) in [5.74, 6) is -1.78. The van der Waals surface area contributed by atoms with Crippen molar-refractivity contribution in [3.63, 3.8) is 0 Å². The Balaban J connectivity index is 2.25. The number of fused-ring (bicyclic) bond motifs is 1. The quantitative estimate of drug-likeness (QED) is 0.626. The smallest absolute Gasteiger partial charge is 0.163 e. The van der Waals surface area contributed by atoms with E-state index in [1.165, 1.54) is 10.7 Å². The van der Waals surface area contributed by atoms with Gasteiger partial charge in [-0.3, -0.25) is 0 Å². The molecule has 0 aliphatic rings. The van der Waals surface area contributed by atoms with Crippen LogP contribution < -0.4 is 0 Å². The minimum atomic E-state index is -0.901. The molecule has 1 aromatic carbocycles. The highest BCUT2D eigenvalue weighted by molar-refractivity contribution is 14.1. The molecule has 0 saturated heterocycles. The molecule has 2 heterocycles. The maximum absolute atomic E-state index is 13.2. The molecule has 0 spiro atoms. The van der Waals surface area contributed by atoms with E-state index in [0.717, 1.165) is 21.1 Å². The van der Waals surface area contributed by atoms with E-state index in [1.807, 2.05) is 6.07 Å². The molecule has 6 heteroatoms. The van der Waals surface area contributed by atoms with Crippen LogP contribution >= 0.6 is 22.6 Å². The van der Waals surface area contributed by atoms with Crippen molar-refractivity contribution in [2.75, 3.05) is 0 Å². The Hall–Kier alpha value is -1.57. The number of hydrogen-bond donors (Lipinski definition) is 0. The van der Waals surface area contributed by atoms with Crippen LogP contribution in [0.5, 0.6) is 0 Å². The van der Waals surface area contributed by atoms with Crippen molar-refractivity contribution >= 4 is 33.6 Å². The summed E-state index contributed by atoms with van der Waals surface area (Å²) in [5.41, 5.74) is 1.06. The van der Waals surface area contributed by atoms with Gasteiger partial charge in [-0.25, -0.2) is 18.4 Å². The lowest BCUT2D eigenvalue weighted by molar-refractivity contribution is 0.507. The number of nitrogens with zero attached hydrogens (tertiary/aromatic N) is 3. The van der Waals surface area contributed by atoms with Gasteiger partial charge in [0.25, 0.3) is 0 Å². The maximum Gasteiger partial charge on any atom is 0.163 e. The van der Waals surface area contributed by atoms with Gasteiger partial charge in [0.15, 0.2) is 17.3 Å². The van der Waals surface area contributed by atoms with Gasteiger partial charge in [-0.05, 0) is 40.8 Å². The minimum Gasteiger partial charge on any atom is -0.236 e. The fourth-order valence-corrected chi connectivity index (χ4v) is 2.24. The predicted molar refractivity (Wildman–Crippen MR) is 71.5 cm³/mol. The monoisotopic (exact) mass is 357 g/mol. The zero-order valence-corrected chi connectivity index (χ0v) is 11.1. The molecule has 0 atom stereocenters. The third-order valence-electron chi connectivity index (χ3n) is 2.57. The number of halogens is 3. The van der Waals surface area contributed by atoms with Crippen LogP contribution in [-0.2, 0) is 0 Å². The molecule has 3 nitrogen and oxygen atoms in total. The fourth-order valence-electron chi connectivity index (χ4n) is 1.70. The third kappa shape index (κ3) is 1.76. The van der Waals surface area contributed by atoms with Crippen LogP contribution in [0.15, 0.2) is 36.7 Å². The van der Waals surface area contributed by atoms with Crippen LogP contribution in [0.2, 0.25) is 0 Å². The Kier molecular flexibility index (Phi) is 2.73. The second-order valence-corrected chi connectivity index (χ2v) is 4.85. The molecule has 3 aromatic rings. The standard InChI is InChI=1S/C12H6F2IN3/c13-9-2-1-7(5-10(9)14)18-12-8(6-17-18)11(15)3-4-16-12/h1-6H. The highest BCUT2D eigenvalue weighted by Crippen LogP contribution is 2.21. The molecule has 3 rings (SSSR count). The molecular formula is C12H6F2IN3. The van der Waals surface area contributed by atoms with E-state index in [1.54, 1.807) is 12.4 Å². The van der Waals surface area contributed by atoms with Crippen LogP contribution in [-0.4, -0.2) is 14.8 Å². The molecule has 90 valence electrons. The molecule has 0 aliphatic carbocycles. The Morgan fingerprint density at radius 1 is 1.11 bits per heavy atom. The lowest BCUT2D eigenvalue weighted by Gasteiger charge is -2.03. The highest BCUT2D eigenvalue weighted by Gasteiger charge is 2.10. The molecule has 18 heavy (non-hydrogen) atoms. The van der Waals surface area contributed by atoms with Crippen LogP contribution in [0.25, 0.3) is 16.7 Å². The summed E-state index contributed by atoms with van der Waals surface area (Å²) in [6, 6.07) is 5.50. The zero-order valence-electron chi connectivity index (χ0n) is 8.94. The first-order valence-electron chi connectivity index (χ1n) is 5.10. The number of benzene rings is 1. The van der Waals surface area contributed by atoms with Crippen molar-refractivity contribution in [3.8, 4) is 5.69 Å². The molecule has 0 saturated carbocycles. The first kappa shape index (κ1) is 11.5. The van der Waals surface area contributed by atoms with Crippen LogP contribution in [0.1, 0.15) is 0 Å². The van der Waals surface area contributed by atoms with Crippen LogP contribution in [0, 0.1) is 15.2 Å². The maximum atomic E-state index is 13.2. The van der Waals surface area contributed by atoms with Crippen molar-refractivity contribution in [2.45, 2.75) is 0 Å². The van der Waals surface area contributed by atoms with E-state index in [0.29, 0.717) is 11.3 Å². The predicted octanol–water partition coefficient (Wildman–Crippen LogP) is 3.30. The summed E-state index contributed by atoms with van der Waals surface area (Å²) in [7, 11) is 0. The largest absolute Gasteiger partial charge is 0.236 e. The molecule has 2 aromatic heterocycles. The highest BCUT2D eigenvalue weighted by atomic mass is 127. The summed E-state index contributed by atoms with van der Waals surface area (Å²) in [6.07, 6.45) is 3.31. The second kappa shape index (κ2) is 4.27. The van der Waals surface area contributed by atoms with E-state index in [9.17, 15) is 8.78 Å². The van der Waals surface area contributed by atoms with Crippen LogP contribution in [0.4, 0.5) is 8.78 Å². The number of rotatable bonds is 1. The topological polar surface area (TPSA) is 30.7 Å². The zero-order chi connectivity index (χ0) is 12.7. The second-order valence-electron chi connectivity index (χ2n) is 3.68. The van der Waals surface area contributed by atoms with Gasteiger partial charge in [0.1, 0.15) is 0 Å². The van der Waals surface area contributed by atoms with Gasteiger partial charge in [0, 0.05) is 15.8 Å². The molecule has 0 amide bonds. The van der Waals surface area contributed by atoms with Crippen molar-refractivity contribution in [1.29, 1.82) is 0 Å². The number of hydrogen-bond acceptors (Lipinski definition) is 2. The van der Waals surface area contributed by atoms with E-state index < -0.39 is 11.6 Å². The normalized spacial score (nSPS) is 11.1. The van der Waals surface area contributed by atoms with Gasteiger partial charge < -0.3 is 0 Å². The molecule has 0 unspecified atom stereocenters. The van der Waals surface area contributed by atoms with Crippen molar-refractivity contribution in [2.24, 2.45) is 0 Å². The fraction of sp³-hybridized carbons (Fsp3) is 0. The lowest BCUT2D eigenvalue weighted by atomic mass is 10.3. The van der Waals surface area contributed by atoms with Crippen LogP contribution in [0.3, 0.4) is 0 Å². The third-order valence-corrected chi connectivity index (χ3v) is 3.51.